The Hall–Kier alpha value is -1.58. The lowest BCUT2D eigenvalue weighted by Crippen LogP contribution is -2.20. The zero-order valence-corrected chi connectivity index (χ0v) is 11.5. The maximum Gasteiger partial charge on any atom is 0.117 e. The maximum atomic E-state index is 10.1. The van der Waals surface area contributed by atoms with Crippen LogP contribution < -0.4 is 5.32 Å². The van der Waals surface area contributed by atoms with Gasteiger partial charge in [0, 0.05) is 6.54 Å². The molecule has 3 nitrogen and oxygen atoms in total. The van der Waals surface area contributed by atoms with Crippen LogP contribution in [0.25, 0.3) is 0 Å². The molecular weight excluding hydrogens is 238 g/mol. The molecule has 1 aromatic carbocycles. The molecule has 1 heterocycles. The fraction of sp³-hybridized carbons (Fsp3) is 0.375. The molecule has 0 saturated heterocycles. The van der Waals surface area contributed by atoms with E-state index in [9.17, 15) is 5.11 Å². The normalized spacial score (nSPS) is 12.8. The minimum atomic E-state index is -0.490. The smallest absolute Gasteiger partial charge is 0.117 e. The highest BCUT2D eigenvalue weighted by Crippen LogP contribution is 2.18. The van der Waals surface area contributed by atoms with Gasteiger partial charge in [-0.15, -0.1) is 0 Å². The third-order valence-electron chi connectivity index (χ3n) is 3.20. The van der Waals surface area contributed by atoms with E-state index >= 15 is 0 Å². The molecule has 2 aromatic rings. The predicted octanol–water partition coefficient (Wildman–Crippen LogP) is 3.23. The van der Waals surface area contributed by atoms with Gasteiger partial charge in [-0.25, -0.2) is 0 Å². The molecular formula is C16H21NO2. The van der Waals surface area contributed by atoms with Crippen LogP contribution in [0, 0.1) is 0 Å². The largest absolute Gasteiger partial charge is 0.468 e. The highest BCUT2D eigenvalue weighted by molar-refractivity contribution is 5.26. The number of hydrogen-bond acceptors (Lipinski definition) is 3. The Morgan fingerprint density at radius 1 is 1.11 bits per heavy atom. The first-order valence-corrected chi connectivity index (χ1v) is 6.68. The van der Waals surface area contributed by atoms with Crippen molar-refractivity contribution in [3.8, 4) is 0 Å². The van der Waals surface area contributed by atoms with Crippen LogP contribution in [-0.4, -0.2) is 11.7 Å². The van der Waals surface area contributed by atoms with E-state index in [0.717, 1.165) is 11.3 Å². The Kier molecular flexibility index (Phi) is 4.77. The summed E-state index contributed by atoms with van der Waals surface area (Å²) in [5, 5.41) is 13.3. The van der Waals surface area contributed by atoms with E-state index in [-0.39, 0.29) is 0 Å². The number of aliphatic hydroxyl groups is 1. The van der Waals surface area contributed by atoms with Crippen molar-refractivity contribution in [1.82, 2.24) is 5.32 Å². The molecule has 19 heavy (non-hydrogen) atoms. The van der Waals surface area contributed by atoms with Gasteiger partial charge in [0.05, 0.1) is 18.9 Å². The fourth-order valence-electron chi connectivity index (χ4n) is 1.97. The molecule has 0 saturated carbocycles. The summed E-state index contributed by atoms with van der Waals surface area (Å²) >= 11 is 0. The van der Waals surface area contributed by atoms with Crippen LogP contribution in [0.2, 0.25) is 0 Å². The molecule has 1 aromatic heterocycles. The van der Waals surface area contributed by atoms with Gasteiger partial charge in [0.25, 0.3) is 0 Å². The first kappa shape index (κ1) is 13.8. The Morgan fingerprint density at radius 3 is 2.37 bits per heavy atom. The third kappa shape index (κ3) is 3.94. The van der Waals surface area contributed by atoms with Crippen molar-refractivity contribution in [2.75, 3.05) is 6.54 Å². The lowest BCUT2D eigenvalue weighted by Gasteiger charge is -2.13. The van der Waals surface area contributed by atoms with Gasteiger partial charge in [0.1, 0.15) is 5.76 Å². The molecule has 2 N–H and O–H groups in total. The number of aliphatic hydroxyl groups excluding tert-OH is 1. The SMILES string of the molecule is CC(C)c1ccc(C(O)CNCc2ccco2)cc1. The lowest BCUT2D eigenvalue weighted by molar-refractivity contribution is 0.173. The second-order valence-electron chi connectivity index (χ2n) is 5.05. The summed E-state index contributed by atoms with van der Waals surface area (Å²) in [4.78, 5) is 0. The van der Waals surface area contributed by atoms with Crippen molar-refractivity contribution in [2.45, 2.75) is 32.4 Å². The summed E-state index contributed by atoms with van der Waals surface area (Å²) in [7, 11) is 0. The van der Waals surface area contributed by atoms with Crippen LogP contribution in [0.4, 0.5) is 0 Å². The lowest BCUT2D eigenvalue weighted by atomic mass is 10.00. The van der Waals surface area contributed by atoms with Crippen molar-refractivity contribution in [3.63, 3.8) is 0 Å². The zero-order valence-electron chi connectivity index (χ0n) is 11.5. The Bertz CT molecular complexity index is 474. The Labute approximate surface area is 114 Å². The average molecular weight is 259 g/mol. The minimum absolute atomic E-state index is 0.490. The molecule has 0 aliphatic rings. The summed E-state index contributed by atoms with van der Waals surface area (Å²) in [6.07, 6.45) is 1.16. The van der Waals surface area contributed by atoms with Crippen molar-refractivity contribution in [2.24, 2.45) is 0 Å². The monoisotopic (exact) mass is 259 g/mol. The van der Waals surface area contributed by atoms with Crippen molar-refractivity contribution in [1.29, 1.82) is 0 Å². The van der Waals surface area contributed by atoms with Gasteiger partial charge < -0.3 is 14.8 Å². The summed E-state index contributed by atoms with van der Waals surface area (Å²) in [6, 6.07) is 11.9. The third-order valence-corrected chi connectivity index (χ3v) is 3.20. The van der Waals surface area contributed by atoms with E-state index in [1.807, 2.05) is 24.3 Å². The molecule has 3 heteroatoms. The van der Waals surface area contributed by atoms with Crippen LogP contribution in [-0.2, 0) is 6.54 Å². The van der Waals surface area contributed by atoms with E-state index in [0.29, 0.717) is 19.0 Å². The summed E-state index contributed by atoms with van der Waals surface area (Å²) < 4.78 is 5.22. The zero-order chi connectivity index (χ0) is 13.7. The summed E-state index contributed by atoms with van der Waals surface area (Å²) in [5.41, 5.74) is 2.23. The number of benzene rings is 1. The standard InChI is InChI=1S/C16H21NO2/c1-12(2)13-5-7-14(8-6-13)16(18)11-17-10-15-4-3-9-19-15/h3-9,12,16-18H,10-11H2,1-2H3. The number of nitrogens with one attached hydrogen (secondary N) is 1. The highest BCUT2D eigenvalue weighted by atomic mass is 16.3. The number of rotatable bonds is 6. The van der Waals surface area contributed by atoms with Crippen LogP contribution in [0.5, 0.6) is 0 Å². The molecule has 0 aliphatic heterocycles. The second-order valence-corrected chi connectivity index (χ2v) is 5.05. The molecule has 2 rings (SSSR count). The molecule has 0 radical (unpaired) electrons. The molecule has 102 valence electrons. The van der Waals surface area contributed by atoms with E-state index in [2.05, 4.69) is 31.3 Å². The van der Waals surface area contributed by atoms with Crippen LogP contribution in [0.1, 0.15) is 42.8 Å². The summed E-state index contributed by atoms with van der Waals surface area (Å²) in [6.45, 7) is 5.47. The molecule has 0 aliphatic carbocycles. The Balaban J connectivity index is 1.83. The minimum Gasteiger partial charge on any atom is -0.468 e. The topological polar surface area (TPSA) is 45.4 Å². The molecule has 1 atom stereocenters. The van der Waals surface area contributed by atoms with Gasteiger partial charge in [0.2, 0.25) is 0 Å². The van der Waals surface area contributed by atoms with Crippen molar-refractivity contribution < 1.29 is 9.52 Å². The van der Waals surface area contributed by atoms with E-state index in [1.165, 1.54) is 5.56 Å². The van der Waals surface area contributed by atoms with E-state index in [1.54, 1.807) is 6.26 Å². The predicted molar refractivity (Wildman–Crippen MR) is 75.9 cm³/mol. The average Bonchev–Trinajstić information content (AvgIpc) is 2.92. The van der Waals surface area contributed by atoms with Gasteiger partial charge in [-0.3, -0.25) is 0 Å². The molecule has 0 fully saturated rings. The number of hydrogen-bond donors (Lipinski definition) is 2. The first-order chi connectivity index (χ1) is 9.16. The van der Waals surface area contributed by atoms with Crippen molar-refractivity contribution >= 4 is 0 Å². The fourth-order valence-corrected chi connectivity index (χ4v) is 1.97. The molecule has 0 bridgehead atoms. The molecule has 0 amide bonds. The van der Waals surface area contributed by atoms with Crippen molar-refractivity contribution in [3.05, 3.63) is 59.5 Å². The van der Waals surface area contributed by atoms with E-state index in [4.69, 9.17) is 4.42 Å². The van der Waals surface area contributed by atoms with Crippen LogP contribution >= 0.6 is 0 Å². The molecule has 0 spiro atoms. The molecule has 1 unspecified atom stereocenters. The van der Waals surface area contributed by atoms with Gasteiger partial charge in [-0.1, -0.05) is 38.1 Å². The van der Waals surface area contributed by atoms with Gasteiger partial charge in [0.15, 0.2) is 0 Å². The number of furan rings is 1. The van der Waals surface area contributed by atoms with Gasteiger partial charge >= 0.3 is 0 Å². The summed E-state index contributed by atoms with van der Waals surface area (Å²) in [5.74, 6) is 1.39. The van der Waals surface area contributed by atoms with Gasteiger partial charge in [-0.05, 0) is 29.2 Å². The maximum absolute atomic E-state index is 10.1. The first-order valence-electron chi connectivity index (χ1n) is 6.68. The van der Waals surface area contributed by atoms with Crippen LogP contribution in [0.3, 0.4) is 0 Å². The highest BCUT2D eigenvalue weighted by Gasteiger charge is 2.08. The van der Waals surface area contributed by atoms with Gasteiger partial charge in [-0.2, -0.15) is 0 Å². The quantitative estimate of drug-likeness (QED) is 0.837. The second kappa shape index (κ2) is 6.55. The van der Waals surface area contributed by atoms with E-state index < -0.39 is 6.10 Å². The Morgan fingerprint density at radius 2 is 1.79 bits per heavy atom. The van der Waals surface area contributed by atoms with Crippen LogP contribution in [0.15, 0.2) is 47.1 Å².